The second kappa shape index (κ2) is 6.48. The number of aromatic nitrogens is 2. The van der Waals surface area contributed by atoms with Crippen molar-refractivity contribution in [2.75, 3.05) is 19.0 Å². The Labute approximate surface area is 139 Å². The van der Waals surface area contributed by atoms with E-state index in [0.29, 0.717) is 0 Å². The van der Waals surface area contributed by atoms with Crippen molar-refractivity contribution in [3.63, 3.8) is 0 Å². The summed E-state index contributed by atoms with van der Waals surface area (Å²) in [5.74, 6) is -0.938. The van der Waals surface area contributed by atoms with Crippen LogP contribution in [0.4, 0.5) is 14.5 Å². The maximum atomic E-state index is 13.0. The van der Waals surface area contributed by atoms with Crippen molar-refractivity contribution in [2.45, 2.75) is 12.8 Å². The van der Waals surface area contributed by atoms with Gasteiger partial charge in [-0.3, -0.25) is 9.59 Å². The van der Waals surface area contributed by atoms with Crippen LogP contribution in [0.2, 0.25) is 0 Å². The first-order valence-electron chi connectivity index (χ1n) is 7.16. The average molecular weight is 353 g/mol. The number of fused-ring (bicyclic) bond motifs is 1. The Hall–Kier alpha value is -3.01. The van der Waals surface area contributed by atoms with E-state index in [4.69, 9.17) is 4.74 Å². The highest BCUT2D eigenvalue weighted by molar-refractivity contribution is 6.02. The second-order valence-corrected chi connectivity index (χ2v) is 5.06. The Morgan fingerprint density at radius 3 is 2.80 bits per heavy atom. The molecule has 0 atom stereocenters. The first kappa shape index (κ1) is 16.8. The third-order valence-electron chi connectivity index (χ3n) is 3.27. The van der Waals surface area contributed by atoms with Gasteiger partial charge in [-0.25, -0.2) is 4.68 Å². The normalized spacial score (nSPS) is 14.4. The van der Waals surface area contributed by atoms with Crippen molar-refractivity contribution >= 4 is 11.6 Å². The van der Waals surface area contributed by atoms with E-state index in [1.54, 1.807) is 0 Å². The number of methoxy groups -OCH3 is 1. The van der Waals surface area contributed by atoms with Gasteiger partial charge in [-0.15, -0.1) is 8.78 Å². The molecule has 0 fully saturated rings. The molecule has 3 rings (SSSR count). The van der Waals surface area contributed by atoms with Crippen LogP contribution in [0, 0.1) is 0 Å². The molecular formula is C15H13F2N3O5. The number of hydrogen-bond donors (Lipinski definition) is 1. The van der Waals surface area contributed by atoms with Crippen LogP contribution in [0.3, 0.4) is 0 Å². The first-order valence-corrected chi connectivity index (χ1v) is 7.16. The van der Waals surface area contributed by atoms with Crippen molar-refractivity contribution in [1.82, 2.24) is 9.78 Å². The zero-order valence-electron chi connectivity index (χ0n) is 13.0. The van der Waals surface area contributed by atoms with Gasteiger partial charge in [0.1, 0.15) is 5.69 Å². The van der Waals surface area contributed by atoms with Crippen LogP contribution in [0.1, 0.15) is 10.5 Å². The van der Waals surface area contributed by atoms with Gasteiger partial charge in [0.05, 0.1) is 13.2 Å². The minimum atomic E-state index is -3.73. The number of hydrogen-bond acceptors (Lipinski definition) is 6. The van der Waals surface area contributed by atoms with Crippen molar-refractivity contribution in [3.8, 4) is 11.5 Å². The molecule has 25 heavy (non-hydrogen) atoms. The van der Waals surface area contributed by atoms with Gasteiger partial charge in [0, 0.05) is 24.9 Å². The van der Waals surface area contributed by atoms with E-state index in [0.717, 1.165) is 4.68 Å². The van der Waals surface area contributed by atoms with E-state index in [2.05, 4.69) is 19.9 Å². The highest BCUT2D eigenvalue weighted by Crippen LogP contribution is 2.42. The molecule has 10 heteroatoms. The quantitative estimate of drug-likeness (QED) is 0.875. The highest BCUT2D eigenvalue weighted by Gasteiger charge is 2.43. The number of carbonyl (C=O) groups excluding carboxylic acids is 1. The van der Waals surface area contributed by atoms with Crippen LogP contribution >= 0.6 is 0 Å². The number of carbonyl (C=O) groups is 1. The largest absolute Gasteiger partial charge is 0.586 e. The smallest absolute Gasteiger partial charge is 0.395 e. The molecule has 0 radical (unpaired) electrons. The summed E-state index contributed by atoms with van der Waals surface area (Å²) >= 11 is 0. The predicted octanol–water partition coefficient (Wildman–Crippen LogP) is 1.46. The van der Waals surface area contributed by atoms with E-state index < -0.39 is 12.2 Å². The molecule has 1 aliphatic heterocycles. The molecular weight excluding hydrogens is 340 g/mol. The van der Waals surface area contributed by atoms with E-state index in [9.17, 15) is 18.4 Å². The number of rotatable bonds is 5. The lowest BCUT2D eigenvalue weighted by atomic mass is 10.2. The summed E-state index contributed by atoms with van der Waals surface area (Å²) in [6.45, 7) is 0.448. The lowest BCUT2D eigenvalue weighted by Gasteiger charge is -2.08. The Morgan fingerprint density at radius 2 is 2.04 bits per heavy atom. The van der Waals surface area contributed by atoms with Crippen LogP contribution in [-0.2, 0) is 11.3 Å². The van der Waals surface area contributed by atoms with Crippen molar-refractivity contribution in [2.24, 2.45) is 0 Å². The Balaban J connectivity index is 1.76. The summed E-state index contributed by atoms with van der Waals surface area (Å²) in [5.41, 5.74) is -0.181. The summed E-state index contributed by atoms with van der Waals surface area (Å²) in [5, 5.41) is 6.43. The van der Waals surface area contributed by atoms with E-state index in [1.807, 2.05) is 0 Å². The van der Waals surface area contributed by atoms with Crippen LogP contribution in [0.15, 0.2) is 35.1 Å². The van der Waals surface area contributed by atoms with E-state index >= 15 is 0 Å². The van der Waals surface area contributed by atoms with Gasteiger partial charge in [0.25, 0.3) is 11.5 Å². The lowest BCUT2D eigenvalue weighted by Crippen LogP contribution is -2.27. The number of anilines is 1. The number of nitrogens with one attached hydrogen (secondary N) is 1. The topological polar surface area (TPSA) is 91.7 Å². The van der Waals surface area contributed by atoms with Crippen LogP contribution < -0.4 is 20.3 Å². The Bertz CT molecular complexity index is 868. The lowest BCUT2D eigenvalue weighted by molar-refractivity contribution is -0.286. The number of nitrogens with zero attached hydrogens (tertiary/aromatic N) is 2. The van der Waals surface area contributed by atoms with Crippen LogP contribution in [0.5, 0.6) is 11.5 Å². The Kier molecular flexibility index (Phi) is 4.36. The van der Waals surface area contributed by atoms with Crippen molar-refractivity contribution in [1.29, 1.82) is 0 Å². The Morgan fingerprint density at radius 1 is 1.28 bits per heavy atom. The second-order valence-electron chi connectivity index (χ2n) is 5.06. The molecule has 1 aromatic heterocycles. The SMILES string of the molecule is COCCn1nc(C(=O)Nc2ccc3c(c2)OC(F)(F)O3)ccc1=O. The number of alkyl halides is 2. The molecule has 0 aliphatic carbocycles. The molecule has 0 bridgehead atoms. The number of ether oxygens (including phenoxy) is 3. The monoisotopic (exact) mass is 353 g/mol. The van der Waals surface area contributed by atoms with Crippen LogP contribution in [-0.4, -0.2) is 35.7 Å². The van der Waals surface area contributed by atoms with Crippen LogP contribution in [0.25, 0.3) is 0 Å². The summed E-state index contributed by atoms with van der Waals surface area (Å²) in [6, 6.07) is 6.30. The van der Waals surface area contributed by atoms with Gasteiger partial charge in [-0.2, -0.15) is 5.10 Å². The van der Waals surface area contributed by atoms with Gasteiger partial charge in [0.2, 0.25) is 0 Å². The summed E-state index contributed by atoms with van der Waals surface area (Å²) < 4.78 is 40.6. The molecule has 1 N–H and O–H groups in total. The zero-order chi connectivity index (χ0) is 18.0. The molecule has 2 heterocycles. The molecule has 0 unspecified atom stereocenters. The average Bonchev–Trinajstić information content (AvgIpc) is 2.87. The molecule has 0 saturated carbocycles. The van der Waals surface area contributed by atoms with Gasteiger partial charge < -0.3 is 19.5 Å². The molecule has 1 aliphatic rings. The molecule has 0 saturated heterocycles. The fourth-order valence-electron chi connectivity index (χ4n) is 2.13. The zero-order valence-corrected chi connectivity index (χ0v) is 13.0. The highest BCUT2D eigenvalue weighted by atomic mass is 19.3. The maximum Gasteiger partial charge on any atom is 0.586 e. The van der Waals surface area contributed by atoms with Gasteiger partial charge >= 0.3 is 6.29 Å². The minimum Gasteiger partial charge on any atom is -0.395 e. The summed E-state index contributed by atoms with van der Waals surface area (Å²) in [7, 11) is 1.48. The summed E-state index contributed by atoms with van der Waals surface area (Å²) in [4.78, 5) is 23.9. The third-order valence-corrected chi connectivity index (χ3v) is 3.27. The first-order chi connectivity index (χ1) is 11.9. The summed E-state index contributed by atoms with van der Waals surface area (Å²) in [6.07, 6.45) is -3.73. The van der Waals surface area contributed by atoms with E-state index in [-0.39, 0.29) is 41.6 Å². The molecule has 0 spiro atoms. The van der Waals surface area contributed by atoms with E-state index in [1.165, 1.54) is 37.4 Å². The molecule has 1 aromatic carbocycles. The number of amides is 1. The maximum absolute atomic E-state index is 13.0. The minimum absolute atomic E-state index is 0.0151. The fraction of sp³-hybridized carbons (Fsp3) is 0.267. The van der Waals surface area contributed by atoms with Crippen molar-refractivity contribution < 1.29 is 27.8 Å². The number of halogens is 2. The van der Waals surface area contributed by atoms with Gasteiger partial charge in [0.15, 0.2) is 11.5 Å². The van der Waals surface area contributed by atoms with Crippen molar-refractivity contribution in [3.05, 3.63) is 46.4 Å². The number of benzene rings is 1. The fourth-order valence-corrected chi connectivity index (χ4v) is 2.13. The third kappa shape index (κ3) is 3.74. The van der Waals surface area contributed by atoms with Gasteiger partial charge in [-0.05, 0) is 18.2 Å². The molecule has 1 amide bonds. The molecule has 2 aromatic rings. The van der Waals surface area contributed by atoms with Gasteiger partial charge in [-0.1, -0.05) is 0 Å². The standard InChI is InChI=1S/C15H13F2N3O5/c1-23-7-6-20-13(21)5-3-10(19-20)14(22)18-9-2-4-11-12(8-9)25-15(16,17)24-11/h2-5,8H,6-7H2,1H3,(H,18,22). The molecule has 8 nitrogen and oxygen atoms in total. The molecule has 132 valence electrons. The predicted molar refractivity (Wildman–Crippen MR) is 81.0 cm³/mol.